The van der Waals surface area contributed by atoms with E-state index in [2.05, 4.69) is 24.1 Å². The first-order valence-corrected chi connectivity index (χ1v) is 7.30. The summed E-state index contributed by atoms with van der Waals surface area (Å²) in [6.07, 6.45) is 2.67. The van der Waals surface area contributed by atoms with Crippen molar-refractivity contribution in [2.24, 2.45) is 0 Å². The highest BCUT2D eigenvalue weighted by Crippen LogP contribution is 2.18. The second-order valence-electron chi connectivity index (χ2n) is 4.82. The van der Waals surface area contributed by atoms with E-state index in [1.165, 1.54) is 6.07 Å². The normalized spacial score (nSPS) is 12.1. The van der Waals surface area contributed by atoms with Crippen molar-refractivity contribution < 1.29 is 9.13 Å². The monoisotopic (exact) mass is 288 g/mol. The van der Waals surface area contributed by atoms with Crippen molar-refractivity contribution >= 4 is 0 Å². The van der Waals surface area contributed by atoms with Crippen LogP contribution in [0.4, 0.5) is 4.39 Å². The molecule has 1 aromatic heterocycles. The Balaban J connectivity index is 1.98. The Hall–Kier alpha value is -1.94. The molecule has 0 aliphatic carbocycles. The average Bonchev–Trinajstić information content (AvgIpc) is 2.52. The number of ether oxygens (including phenoxy) is 1. The number of nitrogens with zero attached hydrogens (tertiary/aromatic N) is 1. The molecular formula is C17H21FN2O. The summed E-state index contributed by atoms with van der Waals surface area (Å²) >= 11 is 0. The van der Waals surface area contributed by atoms with Crippen LogP contribution in [0.15, 0.2) is 42.6 Å². The van der Waals surface area contributed by atoms with Crippen molar-refractivity contribution in [1.29, 1.82) is 0 Å². The lowest BCUT2D eigenvalue weighted by atomic mass is 10.1. The summed E-state index contributed by atoms with van der Waals surface area (Å²) in [4.78, 5) is 4.42. The molecule has 2 aromatic rings. The van der Waals surface area contributed by atoms with Crippen LogP contribution >= 0.6 is 0 Å². The van der Waals surface area contributed by atoms with Gasteiger partial charge in [0.1, 0.15) is 18.2 Å². The van der Waals surface area contributed by atoms with E-state index in [-0.39, 0.29) is 18.5 Å². The van der Waals surface area contributed by atoms with E-state index in [1.807, 2.05) is 12.1 Å². The number of hydrogen-bond donors (Lipinski definition) is 1. The zero-order valence-corrected chi connectivity index (χ0v) is 12.5. The van der Waals surface area contributed by atoms with E-state index >= 15 is 0 Å². The molecule has 0 saturated carbocycles. The molecule has 0 saturated heterocycles. The SMILES string of the molecule is CCNC(CC)c1ccc(OCc2ccccc2F)cn1. The minimum Gasteiger partial charge on any atom is -0.487 e. The Morgan fingerprint density at radius 2 is 2.00 bits per heavy atom. The predicted molar refractivity (Wildman–Crippen MR) is 81.7 cm³/mol. The summed E-state index contributed by atoms with van der Waals surface area (Å²) in [5.74, 6) is 0.397. The number of hydrogen-bond acceptors (Lipinski definition) is 3. The van der Waals surface area contributed by atoms with E-state index in [1.54, 1.807) is 24.4 Å². The van der Waals surface area contributed by atoms with Crippen molar-refractivity contribution in [3.05, 3.63) is 59.7 Å². The molecule has 4 heteroatoms. The summed E-state index contributed by atoms with van der Waals surface area (Å²) in [5, 5.41) is 3.38. The summed E-state index contributed by atoms with van der Waals surface area (Å²) in [5.41, 5.74) is 1.54. The molecule has 0 aliphatic heterocycles. The van der Waals surface area contributed by atoms with Crippen molar-refractivity contribution in [2.75, 3.05) is 6.54 Å². The lowest BCUT2D eigenvalue weighted by Gasteiger charge is -2.15. The maximum atomic E-state index is 13.5. The lowest BCUT2D eigenvalue weighted by Crippen LogP contribution is -2.20. The highest BCUT2D eigenvalue weighted by molar-refractivity contribution is 5.23. The molecule has 0 amide bonds. The van der Waals surface area contributed by atoms with E-state index in [0.717, 1.165) is 18.7 Å². The van der Waals surface area contributed by atoms with Gasteiger partial charge in [-0.25, -0.2) is 4.39 Å². The second kappa shape index (κ2) is 7.74. The van der Waals surface area contributed by atoms with Crippen LogP contribution in [0.1, 0.15) is 37.6 Å². The Morgan fingerprint density at radius 3 is 2.62 bits per heavy atom. The number of rotatable bonds is 7. The maximum absolute atomic E-state index is 13.5. The van der Waals surface area contributed by atoms with Gasteiger partial charge in [-0.05, 0) is 31.2 Å². The molecule has 0 aliphatic rings. The van der Waals surface area contributed by atoms with Gasteiger partial charge in [0.05, 0.1) is 11.9 Å². The number of benzene rings is 1. The van der Waals surface area contributed by atoms with E-state index in [0.29, 0.717) is 11.3 Å². The van der Waals surface area contributed by atoms with Gasteiger partial charge >= 0.3 is 0 Å². The van der Waals surface area contributed by atoms with Gasteiger partial charge < -0.3 is 10.1 Å². The van der Waals surface area contributed by atoms with Gasteiger partial charge in [0, 0.05) is 11.6 Å². The Kier molecular flexibility index (Phi) is 5.69. The van der Waals surface area contributed by atoms with Gasteiger partial charge in [-0.2, -0.15) is 0 Å². The van der Waals surface area contributed by atoms with Crippen molar-refractivity contribution in [2.45, 2.75) is 32.9 Å². The van der Waals surface area contributed by atoms with Gasteiger partial charge in [0.25, 0.3) is 0 Å². The molecule has 1 heterocycles. The van der Waals surface area contributed by atoms with Gasteiger partial charge in [-0.1, -0.05) is 32.0 Å². The van der Waals surface area contributed by atoms with Crippen LogP contribution < -0.4 is 10.1 Å². The third-order valence-electron chi connectivity index (χ3n) is 3.33. The van der Waals surface area contributed by atoms with Crippen LogP contribution in [0, 0.1) is 5.82 Å². The lowest BCUT2D eigenvalue weighted by molar-refractivity contribution is 0.298. The van der Waals surface area contributed by atoms with Crippen LogP contribution in [-0.4, -0.2) is 11.5 Å². The van der Waals surface area contributed by atoms with Gasteiger partial charge in [0.15, 0.2) is 0 Å². The van der Waals surface area contributed by atoms with E-state index < -0.39 is 0 Å². The summed E-state index contributed by atoms with van der Waals surface area (Å²) in [6.45, 7) is 5.32. The van der Waals surface area contributed by atoms with Crippen LogP contribution in [0.3, 0.4) is 0 Å². The minimum atomic E-state index is -0.250. The van der Waals surface area contributed by atoms with Gasteiger partial charge in [-0.15, -0.1) is 0 Å². The largest absolute Gasteiger partial charge is 0.487 e. The second-order valence-corrected chi connectivity index (χ2v) is 4.82. The average molecular weight is 288 g/mol. The third kappa shape index (κ3) is 4.26. The Bertz CT molecular complexity index is 557. The zero-order valence-electron chi connectivity index (χ0n) is 12.5. The van der Waals surface area contributed by atoms with Crippen LogP contribution in [0.2, 0.25) is 0 Å². The standard InChI is InChI=1S/C17H21FN2O/c1-3-16(19-4-2)17-10-9-14(11-20-17)21-12-13-7-5-6-8-15(13)18/h5-11,16,19H,3-4,12H2,1-2H3. The van der Waals surface area contributed by atoms with Crippen molar-refractivity contribution in [3.63, 3.8) is 0 Å². The molecule has 0 fully saturated rings. The smallest absolute Gasteiger partial charge is 0.138 e. The molecule has 21 heavy (non-hydrogen) atoms. The molecule has 1 aromatic carbocycles. The predicted octanol–water partition coefficient (Wildman–Crippen LogP) is 3.86. The first kappa shape index (κ1) is 15.4. The third-order valence-corrected chi connectivity index (χ3v) is 3.33. The number of pyridine rings is 1. The fourth-order valence-corrected chi connectivity index (χ4v) is 2.16. The molecule has 1 unspecified atom stereocenters. The summed E-state index contributed by atoms with van der Waals surface area (Å²) in [6, 6.07) is 10.7. The van der Waals surface area contributed by atoms with Crippen molar-refractivity contribution in [1.82, 2.24) is 10.3 Å². The van der Waals surface area contributed by atoms with Crippen LogP contribution in [0.5, 0.6) is 5.75 Å². The molecule has 1 N–H and O–H groups in total. The first-order valence-electron chi connectivity index (χ1n) is 7.30. The molecule has 2 rings (SSSR count). The molecule has 112 valence electrons. The van der Waals surface area contributed by atoms with Crippen LogP contribution in [-0.2, 0) is 6.61 Å². The van der Waals surface area contributed by atoms with E-state index in [9.17, 15) is 4.39 Å². The molecule has 0 radical (unpaired) electrons. The maximum Gasteiger partial charge on any atom is 0.138 e. The van der Waals surface area contributed by atoms with Crippen LogP contribution in [0.25, 0.3) is 0 Å². The highest BCUT2D eigenvalue weighted by Gasteiger charge is 2.09. The fourth-order valence-electron chi connectivity index (χ4n) is 2.16. The van der Waals surface area contributed by atoms with Crippen molar-refractivity contribution in [3.8, 4) is 5.75 Å². The van der Waals surface area contributed by atoms with Gasteiger partial charge in [0.2, 0.25) is 0 Å². The number of halogens is 1. The molecule has 3 nitrogen and oxygen atoms in total. The van der Waals surface area contributed by atoms with Gasteiger partial charge in [-0.3, -0.25) is 4.98 Å². The molecule has 1 atom stereocenters. The first-order chi connectivity index (χ1) is 10.2. The summed E-state index contributed by atoms with van der Waals surface area (Å²) < 4.78 is 19.1. The highest BCUT2D eigenvalue weighted by atomic mass is 19.1. The topological polar surface area (TPSA) is 34.1 Å². The quantitative estimate of drug-likeness (QED) is 0.840. The number of nitrogens with one attached hydrogen (secondary N) is 1. The fraction of sp³-hybridized carbons (Fsp3) is 0.353. The minimum absolute atomic E-state index is 0.206. The zero-order chi connectivity index (χ0) is 15.1. The number of aromatic nitrogens is 1. The van der Waals surface area contributed by atoms with E-state index in [4.69, 9.17) is 4.74 Å². The molecular weight excluding hydrogens is 267 g/mol. The molecule has 0 spiro atoms. The Labute approximate surface area is 125 Å². The molecule has 0 bridgehead atoms. The Morgan fingerprint density at radius 1 is 1.19 bits per heavy atom. The summed E-state index contributed by atoms with van der Waals surface area (Å²) in [7, 11) is 0.